The summed E-state index contributed by atoms with van der Waals surface area (Å²) in [5.41, 5.74) is 0.473. The van der Waals surface area contributed by atoms with E-state index in [1.165, 1.54) is 6.08 Å². The van der Waals surface area contributed by atoms with Crippen molar-refractivity contribution in [3.8, 4) is 11.5 Å². The minimum atomic E-state index is -0.829. The first kappa shape index (κ1) is 18.5. The summed E-state index contributed by atoms with van der Waals surface area (Å²) in [6.07, 6.45) is 1.39. The quantitative estimate of drug-likeness (QED) is 0.452. The molecule has 138 valence electrons. The maximum Gasteiger partial charge on any atom is 0.328 e. The van der Waals surface area contributed by atoms with Crippen molar-refractivity contribution in [1.29, 1.82) is 0 Å². The molecule has 27 heavy (non-hydrogen) atoms. The van der Waals surface area contributed by atoms with Gasteiger partial charge in [-0.15, -0.1) is 0 Å². The fourth-order valence-electron chi connectivity index (χ4n) is 2.31. The number of amides is 4. The lowest BCUT2D eigenvalue weighted by Crippen LogP contribution is -2.51. The molecule has 0 saturated carbocycles. The SMILES string of the molecule is O=C1NC(=O)C(=Cc2ccc(OCCOc3ccccc3Cl)cc2)C(=O)N1. The van der Waals surface area contributed by atoms with Crippen LogP contribution >= 0.6 is 11.6 Å². The maximum absolute atomic E-state index is 11.7. The zero-order chi connectivity index (χ0) is 19.2. The van der Waals surface area contributed by atoms with E-state index in [2.05, 4.69) is 0 Å². The standard InChI is InChI=1S/C19H15ClN2O5/c20-15-3-1-2-4-16(15)27-10-9-26-13-7-5-12(6-8-13)11-14-17(23)21-19(25)22-18(14)24/h1-8,11H,9-10H2,(H2,21,22,23,24,25). The summed E-state index contributed by atoms with van der Waals surface area (Å²) in [7, 11) is 0. The van der Waals surface area contributed by atoms with Gasteiger partial charge in [-0.25, -0.2) is 4.79 Å². The third-order valence-electron chi connectivity index (χ3n) is 3.58. The van der Waals surface area contributed by atoms with Crippen molar-refractivity contribution in [3.63, 3.8) is 0 Å². The van der Waals surface area contributed by atoms with Gasteiger partial charge in [0.25, 0.3) is 11.8 Å². The number of imide groups is 2. The van der Waals surface area contributed by atoms with Gasteiger partial charge < -0.3 is 9.47 Å². The van der Waals surface area contributed by atoms with Crippen molar-refractivity contribution in [2.24, 2.45) is 0 Å². The van der Waals surface area contributed by atoms with Crippen LogP contribution in [-0.4, -0.2) is 31.1 Å². The van der Waals surface area contributed by atoms with Gasteiger partial charge in [-0.2, -0.15) is 0 Å². The predicted molar refractivity (Wildman–Crippen MR) is 98.5 cm³/mol. The predicted octanol–water partition coefficient (Wildman–Crippen LogP) is 2.55. The van der Waals surface area contributed by atoms with Gasteiger partial charge in [0.05, 0.1) is 5.02 Å². The van der Waals surface area contributed by atoms with Crippen LogP contribution in [-0.2, 0) is 9.59 Å². The maximum atomic E-state index is 11.7. The van der Waals surface area contributed by atoms with Gasteiger partial charge in [0.1, 0.15) is 30.3 Å². The molecule has 2 aromatic carbocycles. The molecule has 0 aromatic heterocycles. The number of hydrogen-bond donors (Lipinski definition) is 2. The average Bonchev–Trinajstić information content (AvgIpc) is 2.64. The smallest absolute Gasteiger partial charge is 0.328 e. The van der Waals surface area contributed by atoms with E-state index in [-0.39, 0.29) is 5.57 Å². The molecule has 0 spiro atoms. The van der Waals surface area contributed by atoms with Crippen molar-refractivity contribution in [1.82, 2.24) is 10.6 Å². The van der Waals surface area contributed by atoms with Crippen molar-refractivity contribution in [2.45, 2.75) is 0 Å². The van der Waals surface area contributed by atoms with E-state index in [0.29, 0.717) is 35.3 Å². The Balaban J connectivity index is 1.54. The minimum Gasteiger partial charge on any atom is -0.490 e. The molecule has 4 amide bonds. The highest BCUT2D eigenvalue weighted by atomic mass is 35.5. The second-order valence-corrected chi connectivity index (χ2v) is 5.90. The fourth-order valence-corrected chi connectivity index (χ4v) is 2.50. The Morgan fingerprint density at radius 3 is 2.15 bits per heavy atom. The summed E-state index contributed by atoms with van der Waals surface area (Å²) in [6, 6.07) is 13.1. The number of nitrogens with one attached hydrogen (secondary N) is 2. The van der Waals surface area contributed by atoms with Crippen LogP contribution in [0.5, 0.6) is 11.5 Å². The van der Waals surface area contributed by atoms with Crippen LogP contribution < -0.4 is 20.1 Å². The first-order valence-corrected chi connectivity index (χ1v) is 8.39. The van der Waals surface area contributed by atoms with Gasteiger partial charge in [0, 0.05) is 0 Å². The Bertz CT molecular complexity index is 887. The molecule has 0 aliphatic carbocycles. The van der Waals surface area contributed by atoms with Crippen LogP contribution in [0.25, 0.3) is 6.08 Å². The first-order valence-electron chi connectivity index (χ1n) is 8.01. The molecule has 1 aliphatic rings. The van der Waals surface area contributed by atoms with E-state index < -0.39 is 17.8 Å². The van der Waals surface area contributed by atoms with Crippen molar-refractivity contribution in [3.05, 3.63) is 64.7 Å². The second-order valence-electron chi connectivity index (χ2n) is 5.49. The van der Waals surface area contributed by atoms with E-state index in [4.69, 9.17) is 21.1 Å². The van der Waals surface area contributed by atoms with Gasteiger partial charge in [-0.1, -0.05) is 35.9 Å². The van der Waals surface area contributed by atoms with Crippen LogP contribution in [0.1, 0.15) is 5.56 Å². The lowest BCUT2D eigenvalue weighted by atomic mass is 10.1. The summed E-state index contributed by atoms with van der Waals surface area (Å²) < 4.78 is 11.1. The van der Waals surface area contributed by atoms with Crippen molar-refractivity contribution >= 4 is 35.5 Å². The highest BCUT2D eigenvalue weighted by molar-refractivity contribution is 6.32. The highest BCUT2D eigenvalue weighted by Gasteiger charge is 2.27. The molecule has 0 unspecified atom stereocenters. The molecule has 1 saturated heterocycles. The summed E-state index contributed by atoms with van der Waals surface area (Å²) in [5, 5.41) is 4.57. The summed E-state index contributed by atoms with van der Waals surface area (Å²) in [4.78, 5) is 34.4. The van der Waals surface area contributed by atoms with Crippen LogP contribution in [0.4, 0.5) is 4.79 Å². The summed E-state index contributed by atoms with van der Waals surface area (Å²) >= 11 is 6.00. The number of para-hydroxylation sites is 1. The summed E-state index contributed by atoms with van der Waals surface area (Å²) in [6.45, 7) is 0.641. The normalized spacial score (nSPS) is 13.7. The molecule has 0 radical (unpaired) electrons. The molecule has 7 nitrogen and oxygen atoms in total. The number of carbonyl (C=O) groups is 3. The molecule has 0 atom stereocenters. The van der Waals surface area contributed by atoms with Crippen LogP contribution in [0.2, 0.25) is 5.02 Å². The van der Waals surface area contributed by atoms with Gasteiger partial charge in [0.15, 0.2) is 0 Å². The lowest BCUT2D eigenvalue weighted by Gasteiger charge is -2.14. The second kappa shape index (κ2) is 8.37. The monoisotopic (exact) mass is 386 g/mol. The van der Waals surface area contributed by atoms with Crippen molar-refractivity contribution < 1.29 is 23.9 Å². The third kappa shape index (κ3) is 4.86. The molecule has 2 N–H and O–H groups in total. The number of hydrogen-bond acceptors (Lipinski definition) is 5. The van der Waals surface area contributed by atoms with Crippen LogP contribution in [0.15, 0.2) is 54.1 Å². The molecule has 2 aromatic rings. The number of halogens is 1. The molecular weight excluding hydrogens is 372 g/mol. The number of benzene rings is 2. The van der Waals surface area contributed by atoms with E-state index >= 15 is 0 Å². The number of barbiturate groups is 1. The van der Waals surface area contributed by atoms with Crippen LogP contribution in [0.3, 0.4) is 0 Å². The average molecular weight is 387 g/mol. The largest absolute Gasteiger partial charge is 0.490 e. The Kier molecular flexibility index (Phi) is 5.73. The zero-order valence-electron chi connectivity index (χ0n) is 14.0. The van der Waals surface area contributed by atoms with Crippen molar-refractivity contribution in [2.75, 3.05) is 13.2 Å². The molecule has 1 fully saturated rings. The Morgan fingerprint density at radius 2 is 1.48 bits per heavy atom. The van der Waals surface area contributed by atoms with Gasteiger partial charge in [-0.05, 0) is 35.9 Å². The Hall–Kier alpha value is -3.32. The van der Waals surface area contributed by atoms with Crippen LogP contribution in [0, 0.1) is 0 Å². The highest BCUT2D eigenvalue weighted by Crippen LogP contribution is 2.23. The topological polar surface area (TPSA) is 93.7 Å². The summed E-state index contributed by atoms with van der Waals surface area (Å²) in [5.74, 6) is -0.276. The molecule has 1 aliphatic heterocycles. The fraction of sp³-hybridized carbons (Fsp3) is 0.105. The van der Waals surface area contributed by atoms with E-state index in [9.17, 15) is 14.4 Å². The number of rotatable bonds is 6. The Labute approximate surface area is 159 Å². The lowest BCUT2D eigenvalue weighted by molar-refractivity contribution is -0.123. The molecule has 1 heterocycles. The van der Waals surface area contributed by atoms with Gasteiger partial charge in [0.2, 0.25) is 0 Å². The van der Waals surface area contributed by atoms with E-state index in [1.54, 1.807) is 36.4 Å². The number of urea groups is 1. The molecule has 3 rings (SSSR count). The zero-order valence-corrected chi connectivity index (χ0v) is 14.8. The van der Waals surface area contributed by atoms with Gasteiger partial charge >= 0.3 is 6.03 Å². The minimum absolute atomic E-state index is 0.142. The third-order valence-corrected chi connectivity index (χ3v) is 3.89. The molecule has 8 heteroatoms. The van der Waals surface area contributed by atoms with E-state index in [0.717, 1.165) is 0 Å². The molecule has 0 bridgehead atoms. The Morgan fingerprint density at radius 1 is 0.852 bits per heavy atom. The van der Waals surface area contributed by atoms with E-state index in [1.807, 2.05) is 22.8 Å². The number of carbonyl (C=O) groups excluding carboxylic acids is 3. The number of ether oxygens (including phenoxy) is 2. The molecular formula is C19H15ClN2O5. The first-order chi connectivity index (χ1) is 13.0. The van der Waals surface area contributed by atoms with Gasteiger partial charge in [-0.3, -0.25) is 20.2 Å².